The highest BCUT2D eigenvalue weighted by Crippen LogP contribution is 2.44. The van der Waals surface area contributed by atoms with E-state index in [9.17, 15) is 24.8 Å². The fourth-order valence-corrected chi connectivity index (χ4v) is 5.12. The number of benzene rings is 3. The Morgan fingerprint density at radius 1 is 0.976 bits per heavy atom. The Kier molecular flexibility index (Phi) is 7.34. The average Bonchev–Trinajstić information content (AvgIpc) is 3.52. The van der Waals surface area contributed by atoms with Crippen molar-refractivity contribution >= 4 is 34.0 Å². The van der Waals surface area contributed by atoms with Crippen LogP contribution in [-0.2, 0) is 16.0 Å². The lowest BCUT2D eigenvalue weighted by atomic mass is 9.94. The molecule has 3 aromatic carbocycles. The smallest absolute Gasteiger partial charge is 0.295 e. The first-order valence-electron chi connectivity index (χ1n) is 12.7. The maximum absolute atomic E-state index is 13.5. The number of aliphatic hydroxyl groups excluding tert-OH is 1. The van der Waals surface area contributed by atoms with E-state index in [1.807, 2.05) is 24.4 Å². The topological polar surface area (TPSA) is 144 Å². The molecule has 4 aromatic rings. The number of amides is 1. The number of nitrogens with zero attached hydrogens (tertiary/aromatic N) is 2. The third-order valence-electron chi connectivity index (χ3n) is 7.22. The van der Waals surface area contributed by atoms with Gasteiger partial charge in [-0.15, -0.1) is 0 Å². The number of aromatic nitrogens is 1. The van der Waals surface area contributed by atoms with Gasteiger partial charge in [0, 0.05) is 46.9 Å². The molecule has 1 saturated heterocycles. The predicted molar refractivity (Wildman–Crippen MR) is 150 cm³/mol. The molecule has 0 radical (unpaired) electrons. The van der Waals surface area contributed by atoms with Crippen LogP contribution < -0.4 is 14.2 Å². The number of fused-ring (bicyclic) bond motifs is 1. The summed E-state index contributed by atoms with van der Waals surface area (Å²) in [6, 6.07) is 14.7. The largest absolute Gasteiger partial charge is 0.507 e. The lowest BCUT2D eigenvalue weighted by Crippen LogP contribution is -2.31. The Balaban J connectivity index is 1.61. The zero-order chi connectivity index (χ0) is 29.3. The summed E-state index contributed by atoms with van der Waals surface area (Å²) in [7, 11) is 4.54. The fourth-order valence-electron chi connectivity index (χ4n) is 5.12. The maximum Gasteiger partial charge on any atom is 0.295 e. The number of hydrogen-bond donors (Lipinski definition) is 2. The van der Waals surface area contributed by atoms with Crippen LogP contribution in [0.1, 0.15) is 22.7 Å². The van der Waals surface area contributed by atoms with Gasteiger partial charge in [-0.1, -0.05) is 0 Å². The summed E-state index contributed by atoms with van der Waals surface area (Å²) in [6.45, 7) is 0.136. The van der Waals surface area contributed by atoms with Gasteiger partial charge in [-0.25, -0.2) is 0 Å². The molecule has 0 spiro atoms. The van der Waals surface area contributed by atoms with Crippen LogP contribution in [0, 0.1) is 10.1 Å². The normalized spacial score (nSPS) is 16.3. The van der Waals surface area contributed by atoms with Crippen molar-refractivity contribution in [3.05, 3.63) is 99.2 Å². The van der Waals surface area contributed by atoms with Gasteiger partial charge in [-0.05, 0) is 60.5 Å². The van der Waals surface area contributed by atoms with E-state index in [1.165, 1.54) is 43.4 Å². The number of ether oxygens (including phenoxy) is 3. The second kappa shape index (κ2) is 11.0. The van der Waals surface area contributed by atoms with Gasteiger partial charge in [-0.3, -0.25) is 19.7 Å². The van der Waals surface area contributed by atoms with Gasteiger partial charge in [0.1, 0.15) is 23.0 Å². The molecule has 1 aliphatic heterocycles. The zero-order valence-corrected chi connectivity index (χ0v) is 22.5. The summed E-state index contributed by atoms with van der Waals surface area (Å²) in [5.74, 6) is -0.591. The van der Waals surface area contributed by atoms with E-state index in [2.05, 4.69) is 4.98 Å². The number of rotatable bonds is 9. The molecule has 5 rings (SSSR count). The molecule has 2 N–H and O–H groups in total. The number of nitro groups is 1. The highest BCUT2D eigenvalue weighted by Gasteiger charge is 2.47. The van der Waals surface area contributed by atoms with Crippen molar-refractivity contribution < 1.29 is 33.8 Å². The molecule has 1 atom stereocenters. The number of carbonyl (C=O) groups excluding carboxylic acids is 2. The molecule has 1 aliphatic rings. The quantitative estimate of drug-likeness (QED) is 0.0985. The molecule has 11 heteroatoms. The van der Waals surface area contributed by atoms with Crippen molar-refractivity contribution in [2.45, 2.75) is 12.5 Å². The first-order valence-corrected chi connectivity index (χ1v) is 12.7. The van der Waals surface area contributed by atoms with Crippen LogP contribution in [0.3, 0.4) is 0 Å². The fraction of sp³-hybridized carbons (Fsp3) is 0.200. The van der Waals surface area contributed by atoms with Gasteiger partial charge in [0.25, 0.3) is 17.4 Å². The summed E-state index contributed by atoms with van der Waals surface area (Å²) in [4.78, 5) is 42.2. The van der Waals surface area contributed by atoms with Crippen molar-refractivity contribution in [3.63, 3.8) is 0 Å². The van der Waals surface area contributed by atoms with Crippen molar-refractivity contribution in [1.29, 1.82) is 0 Å². The zero-order valence-electron chi connectivity index (χ0n) is 22.5. The molecule has 11 nitrogen and oxygen atoms in total. The highest BCUT2D eigenvalue weighted by atomic mass is 16.6. The van der Waals surface area contributed by atoms with E-state index in [0.717, 1.165) is 16.5 Å². The van der Waals surface area contributed by atoms with Gasteiger partial charge in [0.15, 0.2) is 0 Å². The lowest BCUT2D eigenvalue weighted by Gasteiger charge is -2.27. The number of carbonyl (C=O) groups is 2. The molecule has 0 bridgehead atoms. The Hall–Kier alpha value is -5.32. The van der Waals surface area contributed by atoms with Gasteiger partial charge >= 0.3 is 0 Å². The van der Waals surface area contributed by atoms with Gasteiger partial charge in [-0.2, -0.15) is 0 Å². The molecule has 0 aliphatic carbocycles. The number of methoxy groups -OCH3 is 3. The van der Waals surface area contributed by atoms with Crippen LogP contribution in [0.25, 0.3) is 16.7 Å². The van der Waals surface area contributed by atoms with Crippen LogP contribution in [0.4, 0.5) is 5.69 Å². The van der Waals surface area contributed by atoms with Crippen LogP contribution in [0.5, 0.6) is 17.2 Å². The summed E-state index contributed by atoms with van der Waals surface area (Å²) in [5, 5.41) is 23.4. The number of aromatic amines is 1. The summed E-state index contributed by atoms with van der Waals surface area (Å²) < 4.78 is 16.3. The molecule has 1 amide bonds. The molecule has 1 aromatic heterocycles. The minimum Gasteiger partial charge on any atom is -0.507 e. The van der Waals surface area contributed by atoms with Crippen LogP contribution >= 0.6 is 0 Å². The minimum atomic E-state index is -1.02. The number of nitrogens with one attached hydrogen (secondary N) is 1. The van der Waals surface area contributed by atoms with E-state index in [-0.39, 0.29) is 23.4 Å². The van der Waals surface area contributed by atoms with Gasteiger partial charge < -0.3 is 29.2 Å². The van der Waals surface area contributed by atoms with E-state index in [4.69, 9.17) is 14.2 Å². The number of H-pyrrole nitrogens is 1. The number of Topliss-reactive ketones (excluding diaryl/α,β-unsaturated/α-hetero) is 1. The summed E-state index contributed by atoms with van der Waals surface area (Å²) in [5.41, 5.74) is 2.07. The van der Waals surface area contributed by atoms with Crippen molar-refractivity contribution in [2.75, 3.05) is 27.9 Å². The van der Waals surface area contributed by atoms with Crippen molar-refractivity contribution in [1.82, 2.24) is 9.88 Å². The summed E-state index contributed by atoms with van der Waals surface area (Å²) >= 11 is 0. The third kappa shape index (κ3) is 4.93. The number of non-ortho nitro benzene ring substituents is 1. The first-order chi connectivity index (χ1) is 19.8. The predicted octanol–water partition coefficient (Wildman–Crippen LogP) is 4.77. The number of hydrogen-bond acceptors (Lipinski definition) is 8. The molecule has 41 heavy (non-hydrogen) atoms. The second-order valence-corrected chi connectivity index (χ2v) is 9.38. The average molecular weight is 558 g/mol. The van der Waals surface area contributed by atoms with Crippen molar-refractivity contribution in [3.8, 4) is 17.2 Å². The van der Waals surface area contributed by atoms with Crippen molar-refractivity contribution in [2.24, 2.45) is 0 Å². The number of aliphatic hydroxyl groups is 1. The van der Waals surface area contributed by atoms with Crippen LogP contribution in [0.15, 0.2) is 72.4 Å². The number of likely N-dealkylation sites (tertiary alicyclic amines) is 1. The van der Waals surface area contributed by atoms with E-state index >= 15 is 0 Å². The van der Waals surface area contributed by atoms with Crippen LogP contribution in [-0.4, -0.2) is 59.5 Å². The minimum absolute atomic E-state index is 0.136. The molecule has 1 fully saturated rings. The Morgan fingerprint density at radius 3 is 2.32 bits per heavy atom. The maximum atomic E-state index is 13.5. The lowest BCUT2D eigenvalue weighted by molar-refractivity contribution is -0.384. The molecular weight excluding hydrogens is 530 g/mol. The second-order valence-electron chi connectivity index (χ2n) is 9.38. The summed E-state index contributed by atoms with van der Waals surface area (Å²) in [6.07, 6.45) is 2.24. The highest BCUT2D eigenvalue weighted by molar-refractivity contribution is 6.46. The Morgan fingerprint density at radius 2 is 1.66 bits per heavy atom. The molecule has 0 unspecified atom stereocenters. The molecule has 0 saturated carbocycles. The molecule has 210 valence electrons. The third-order valence-corrected chi connectivity index (χ3v) is 7.22. The van der Waals surface area contributed by atoms with Gasteiger partial charge in [0.05, 0.1) is 37.9 Å². The Labute approximate surface area is 234 Å². The van der Waals surface area contributed by atoms with E-state index in [0.29, 0.717) is 29.2 Å². The molecule has 2 heterocycles. The first kappa shape index (κ1) is 27.3. The number of ketones is 1. The monoisotopic (exact) mass is 557 g/mol. The number of nitro benzene ring substituents is 1. The standard InChI is InChI=1S/C30H27N3O8/c1-39-20-8-10-24-22(14-20)18(16-31-24)12-13-32-27(23-15-21(40-2)9-11-25(23)41-3)26(29(35)30(32)36)28(34)17-4-6-19(7-5-17)33(37)38/h4-11,14-16,27,31,34H,12-13H2,1-3H3/t27-/m0/s1. The van der Waals surface area contributed by atoms with Gasteiger partial charge in [0.2, 0.25) is 0 Å². The SMILES string of the molecule is COc1ccc(OC)c([C@H]2C(=C(O)c3ccc([N+](=O)[O-])cc3)C(=O)C(=O)N2CCc2c[nH]c3ccc(OC)cc23)c1. The van der Waals surface area contributed by atoms with E-state index < -0.39 is 28.4 Å². The Bertz CT molecular complexity index is 1690. The molecular formula is C30H27N3O8. The van der Waals surface area contributed by atoms with Crippen LogP contribution in [0.2, 0.25) is 0 Å². The van der Waals surface area contributed by atoms with E-state index in [1.54, 1.807) is 25.3 Å².